The maximum absolute atomic E-state index is 13.2. The highest BCUT2D eigenvalue weighted by atomic mass is 19.4. The molecule has 1 aliphatic rings. The highest BCUT2D eigenvalue weighted by Crippen LogP contribution is 2.38. The summed E-state index contributed by atoms with van der Waals surface area (Å²) in [5, 5.41) is 12.7. The van der Waals surface area contributed by atoms with E-state index in [0.29, 0.717) is 5.75 Å². The Balaban J connectivity index is 1.69. The fourth-order valence-corrected chi connectivity index (χ4v) is 3.35. The SMILES string of the molecule is CC(C)(C#N)COC1COc2ccccc2C1Nc1ncnc2[nH]c(C(F)(F)F)cc12. The van der Waals surface area contributed by atoms with Gasteiger partial charge in [0.15, 0.2) is 0 Å². The third-order valence-corrected chi connectivity index (χ3v) is 5.01. The van der Waals surface area contributed by atoms with Gasteiger partial charge in [0, 0.05) is 5.56 Å². The van der Waals surface area contributed by atoms with Gasteiger partial charge in [-0.3, -0.25) is 0 Å². The van der Waals surface area contributed by atoms with Crippen LogP contribution in [0.3, 0.4) is 0 Å². The van der Waals surface area contributed by atoms with E-state index in [4.69, 9.17) is 9.47 Å². The molecule has 0 radical (unpaired) electrons. The van der Waals surface area contributed by atoms with Gasteiger partial charge in [0.1, 0.15) is 41.9 Å². The summed E-state index contributed by atoms with van der Waals surface area (Å²) in [5.74, 6) is 0.890. The van der Waals surface area contributed by atoms with Crippen LogP contribution >= 0.6 is 0 Å². The summed E-state index contributed by atoms with van der Waals surface area (Å²) in [6.07, 6.45) is -3.83. The van der Waals surface area contributed by atoms with Crippen LogP contribution < -0.4 is 10.1 Å². The Bertz CT molecular complexity index is 1140. The molecule has 2 aromatic heterocycles. The zero-order valence-corrected chi connectivity index (χ0v) is 16.8. The summed E-state index contributed by atoms with van der Waals surface area (Å²) in [7, 11) is 0. The zero-order chi connectivity index (χ0) is 22.2. The van der Waals surface area contributed by atoms with Crippen molar-refractivity contribution in [3.63, 3.8) is 0 Å². The first-order valence-electron chi connectivity index (χ1n) is 9.60. The predicted molar refractivity (Wildman–Crippen MR) is 106 cm³/mol. The van der Waals surface area contributed by atoms with E-state index in [1.807, 2.05) is 24.3 Å². The Labute approximate surface area is 176 Å². The lowest BCUT2D eigenvalue weighted by atomic mass is 9.95. The lowest BCUT2D eigenvalue weighted by Gasteiger charge is -2.35. The molecule has 1 aromatic carbocycles. The average molecular weight is 431 g/mol. The molecule has 0 amide bonds. The first-order chi connectivity index (χ1) is 14.7. The number of para-hydroxylation sites is 1. The van der Waals surface area contributed by atoms with Gasteiger partial charge >= 0.3 is 6.18 Å². The van der Waals surface area contributed by atoms with Crippen molar-refractivity contribution >= 4 is 16.9 Å². The minimum absolute atomic E-state index is 0.0771. The third-order valence-electron chi connectivity index (χ3n) is 5.01. The smallest absolute Gasteiger partial charge is 0.431 e. The molecule has 0 bridgehead atoms. The number of hydrogen-bond donors (Lipinski definition) is 2. The number of benzene rings is 1. The minimum atomic E-state index is -4.53. The van der Waals surface area contributed by atoms with Crippen LogP contribution in [0.25, 0.3) is 11.0 Å². The summed E-state index contributed by atoms with van der Waals surface area (Å²) in [4.78, 5) is 10.4. The Hall–Kier alpha value is -3.32. The van der Waals surface area contributed by atoms with Gasteiger partial charge in [0.05, 0.1) is 29.5 Å². The Morgan fingerprint density at radius 1 is 1.29 bits per heavy atom. The van der Waals surface area contributed by atoms with Gasteiger partial charge in [-0.05, 0) is 26.0 Å². The van der Waals surface area contributed by atoms with Crippen molar-refractivity contribution in [2.24, 2.45) is 5.41 Å². The molecule has 1 aliphatic heterocycles. The summed E-state index contributed by atoms with van der Waals surface area (Å²) < 4.78 is 51.3. The molecular formula is C21H20F3N5O2. The highest BCUT2D eigenvalue weighted by molar-refractivity contribution is 5.88. The molecule has 2 N–H and O–H groups in total. The van der Waals surface area contributed by atoms with Gasteiger partial charge in [-0.1, -0.05) is 18.2 Å². The lowest BCUT2D eigenvalue weighted by Crippen LogP contribution is -2.39. The van der Waals surface area contributed by atoms with Crippen molar-refractivity contribution in [3.8, 4) is 11.8 Å². The van der Waals surface area contributed by atoms with Gasteiger partial charge in [-0.2, -0.15) is 18.4 Å². The lowest BCUT2D eigenvalue weighted by molar-refractivity contribution is -0.140. The van der Waals surface area contributed by atoms with Crippen molar-refractivity contribution in [2.75, 3.05) is 18.5 Å². The number of H-pyrrole nitrogens is 1. The molecule has 31 heavy (non-hydrogen) atoms. The van der Waals surface area contributed by atoms with Crippen LogP contribution in [-0.2, 0) is 10.9 Å². The second-order valence-corrected chi connectivity index (χ2v) is 7.98. The summed E-state index contributed by atoms with van der Waals surface area (Å²) in [5.41, 5.74) is -0.742. The van der Waals surface area contributed by atoms with E-state index in [0.717, 1.165) is 11.6 Å². The summed E-state index contributed by atoms with van der Waals surface area (Å²) in [6, 6.07) is 10.1. The average Bonchev–Trinajstić information content (AvgIpc) is 3.19. The van der Waals surface area contributed by atoms with E-state index in [-0.39, 0.29) is 30.1 Å². The maximum atomic E-state index is 13.2. The van der Waals surface area contributed by atoms with Gasteiger partial charge in [0.2, 0.25) is 0 Å². The number of aromatic amines is 1. The van der Waals surface area contributed by atoms with Crippen LogP contribution in [0, 0.1) is 16.7 Å². The molecule has 0 aliphatic carbocycles. The van der Waals surface area contributed by atoms with E-state index >= 15 is 0 Å². The van der Waals surface area contributed by atoms with E-state index in [1.54, 1.807) is 13.8 Å². The van der Waals surface area contributed by atoms with Gasteiger partial charge in [-0.15, -0.1) is 0 Å². The number of alkyl halides is 3. The fourth-order valence-electron chi connectivity index (χ4n) is 3.35. The molecule has 4 rings (SSSR count). The number of anilines is 1. The van der Waals surface area contributed by atoms with Crippen molar-refractivity contribution in [3.05, 3.63) is 47.9 Å². The van der Waals surface area contributed by atoms with Crippen LogP contribution in [0.4, 0.5) is 19.0 Å². The molecule has 0 spiro atoms. The molecule has 3 heterocycles. The number of nitrogens with zero attached hydrogens (tertiary/aromatic N) is 3. The standard InChI is InChI=1S/C21H20F3N5O2/c1-20(2,9-25)10-31-15-8-30-14-6-4-3-5-12(14)17(15)29-19-13-7-16(21(22,23)24)28-18(13)26-11-27-19/h3-7,11,15,17H,8,10H2,1-2H3,(H2,26,27,28,29). The van der Waals surface area contributed by atoms with E-state index in [2.05, 4.69) is 26.3 Å². The van der Waals surface area contributed by atoms with Gasteiger partial charge < -0.3 is 19.8 Å². The molecule has 0 saturated heterocycles. The summed E-state index contributed by atoms with van der Waals surface area (Å²) >= 11 is 0. The first kappa shape index (κ1) is 20.9. The molecule has 0 saturated carbocycles. The van der Waals surface area contributed by atoms with Crippen LogP contribution in [0.2, 0.25) is 0 Å². The van der Waals surface area contributed by atoms with Crippen molar-refractivity contribution in [1.82, 2.24) is 15.0 Å². The molecule has 10 heteroatoms. The molecular weight excluding hydrogens is 411 g/mol. The van der Waals surface area contributed by atoms with Crippen LogP contribution in [0.15, 0.2) is 36.7 Å². The normalized spacial score (nSPS) is 18.8. The van der Waals surface area contributed by atoms with E-state index in [1.165, 1.54) is 6.33 Å². The highest BCUT2D eigenvalue weighted by Gasteiger charge is 2.36. The fraction of sp³-hybridized carbons (Fsp3) is 0.381. The minimum Gasteiger partial charge on any atom is -0.490 e. The van der Waals surface area contributed by atoms with Gasteiger partial charge in [-0.25, -0.2) is 9.97 Å². The molecule has 2 unspecified atom stereocenters. The topological polar surface area (TPSA) is 95.8 Å². The molecule has 3 aromatic rings. The number of nitrogens with one attached hydrogen (secondary N) is 2. The largest absolute Gasteiger partial charge is 0.490 e. The quantitative estimate of drug-likeness (QED) is 0.619. The number of fused-ring (bicyclic) bond motifs is 2. The molecule has 7 nitrogen and oxygen atoms in total. The van der Waals surface area contributed by atoms with Crippen LogP contribution in [0.1, 0.15) is 31.1 Å². The van der Waals surface area contributed by atoms with Crippen molar-refractivity contribution in [2.45, 2.75) is 32.2 Å². The van der Waals surface area contributed by atoms with Crippen molar-refractivity contribution in [1.29, 1.82) is 5.26 Å². The number of rotatable bonds is 5. The Kier molecular flexibility index (Phi) is 5.23. The summed E-state index contributed by atoms with van der Waals surface area (Å²) in [6.45, 7) is 3.91. The molecule has 162 valence electrons. The van der Waals surface area contributed by atoms with Gasteiger partial charge in [0.25, 0.3) is 0 Å². The Morgan fingerprint density at radius 3 is 2.81 bits per heavy atom. The second-order valence-electron chi connectivity index (χ2n) is 7.98. The van der Waals surface area contributed by atoms with Crippen molar-refractivity contribution < 1.29 is 22.6 Å². The maximum Gasteiger partial charge on any atom is 0.431 e. The predicted octanol–water partition coefficient (Wildman–Crippen LogP) is 4.46. The Morgan fingerprint density at radius 2 is 2.06 bits per heavy atom. The van der Waals surface area contributed by atoms with E-state index in [9.17, 15) is 18.4 Å². The van der Waals surface area contributed by atoms with E-state index < -0.39 is 29.4 Å². The second kappa shape index (κ2) is 7.74. The number of halogens is 3. The third kappa shape index (κ3) is 4.27. The number of aromatic nitrogens is 3. The van der Waals surface area contributed by atoms with Crippen LogP contribution in [-0.4, -0.2) is 34.3 Å². The zero-order valence-electron chi connectivity index (χ0n) is 16.8. The first-order valence-corrected chi connectivity index (χ1v) is 9.60. The monoisotopic (exact) mass is 431 g/mol. The number of nitriles is 1. The number of ether oxygens (including phenoxy) is 2. The number of hydrogen-bond acceptors (Lipinski definition) is 6. The molecule has 2 atom stereocenters. The van der Waals surface area contributed by atoms with Crippen LogP contribution in [0.5, 0.6) is 5.75 Å². The molecule has 0 fully saturated rings.